The molecular weight excluding hydrogens is 565 g/mol. The van der Waals surface area contributed by atoms with Gasteiger partial charge in [-0.2, -0.15) is 13.6 Å². The Morgan fingerprint density at radius 3 is 2.48 bits per heavy atom. The van der Waals surface area contributed by atoms with E-state index in [9.17, 15) is 37.8 Å². The number of aliphatic hydroxyl groups excluding tert-OH is 1. The predicted molar refractivity (Wildman–Crippen MR) is 105 cm³/mol. The van der Waals surface area contributed by atoms with E-state index in [1.54, 1.807) is 5.38 Å². The number of rotatable bonds is 8. The first-order chi connectivity index (χ1) is 15.6. The minimum absolute atomic E-state index is 0.296. The maximum Gasteiger partial charge on any atom is 0.490 e. The highest BCUT2D eigenvalue weighted by atomic mass is 35.5. The summed E-state index contributed by atoms with van der Waals surface area (Å²) in [6.45, 7) is -3.71. The molecule has 0 aliphatic carbocycles. The lowest BCUT2D eigenvalue weighted by Crippen LogP contribution is -2.43. The first-order valence-electron chi connectivity index (χ1n) is 8.68. The van der Waals surface area contributed by atoms with Crippen LogP contribution >= 0.6 is 46.7 Å². The van der Waals surface area contributed by atoms with Gasteiger partial charge in [0.2, 0.25) is 0 Å². The van der Waals surface area contributed by atoms with Gasteiger partial charge in [0.15, 0.2) is 22.7 Å². The lowest BCUT2D eigenvalue weighted by molar-refractivity contribution is -0.0457. The highest BCUT2D eigenvalue weighted by molar-refractivity contribution is 7.66. The van der Waals surface area contributed by atoms with Gasteiger partial charge in [0.1, 0.15) is 12.2 Å². The molecule has 6 atom stereocenters. The van der Waals surface area contributed by atoms with Crippen LogP contribution in [-0.2, 0) is 31.6 Å². The Labute approximate surface area is 195 Å². The summed E-state index contributed by atoms with van der Waals surface area (Å²) in [5.74, 6) is -0.119. The highest BCUT2D eigenvalue weighted by Crippen LogP contribution is 2.66. The van der Waals surface area contributed by atoms with Gasteiger partial charge in [0, 0.05) is 5.38 Å². The quantitative estimate of drug-likeness (QED) is 0.132. The summed E-state index contributed by atoms with van der Waals surface area (Å²) in [5, 5.41) is 12.3. The van der Waals surface area contributed by atoms with Crippen molar-refractivity contribution in [2.24, 2.45) is 0 Å². The van der Waals surface area contributed by atoms with Crippen molar-refractivity contribution in [3.05, 3.63) is 22.5 Å². The van der Waals surface area contributed by atoms with Crippen molar-refractivity contribution < 1.29 is 63.4 Å². The molecule has 33 heavy (non-hydrogen) atoms. The Bertz CT molecular complexity index is 1270. The Morgan fingerprint density at radius 1 is 1.33 bits per heavy atom. The molecule has 1 aliphatic heterocycles. The van der Waals surface area contributed by atoms with E-state index in [0.717, 1.165) is 0 Å². The minimum atomic E-state index is -6.08. The fraction of sp³-hybridized carbons (Fsp3) is 0.455. The molecule has 0 saturated carbocycles. The molecule has 186 valence electrons. The van der Waals surface area contributed by atoms with Crippen LogP contribution in [0.25, 0.3) is 0 Å². The second-order valence-electron chi connectivity index (χ2n) is 5.81. The summed E-state index contributed by atoms with van der Waals surface area (Å²) >= 11 is 11.5. The number of nitrogens with zero attached hydrogens (tertiary/aromatic N) is 2. The number of aromatic nitrogens is 2. The number of nitrogen functional groups attached to an aromatic ring is 1. The van der Waals surface area contributed by atoms with E-state index in [-0.39, 0.29) is 0 Å². The smallest absolute Gasteiger partial charge is 0.387 e. The third-order valence-corrected chi connectivity index (χ3v) is 7.74. The minimum Gasteiger partial charge on any atom is -0.387 e. The van der Waals surface area contributed by atoms with E-state index in [4.69, 9.17) is 46.2 Å². The van der Waals surface area contributed by atoms with Crippen molar-refractivity contribution in [1.82, 2.24) is 9.55 Å². The standard InChI is InChI=1S/C11H13Cl2FN3O13P3/c12-2-1-11(13)7(18)6(28-9(11)17-3-5(14)8(15)16-10(17)19)4-27-32(23,24)30-33(25,26)29-31(20,21)22/h3,6-7,9,18H,4H2,(H,23,24)(H,25,26)(H2,15,16,19)(H2,20,21,22)/t6-,7+,9-,11?/m1/s1/i4D2. The van der Waals surface area contributed by atoms with Crippen LogP contribution in [0.1, 0.15) is 8.97 Å². The van der Waals surface area contributed by atoms with Crippen molar-refractivity contribution in [2.75, 3.05) is 12.3 Å². The average Bonchev–Trinajstić information content (AvgIpc) is 2.86. The summed E-state index contributed by atoms with van der Waals surface area (Å²) in [6.07, 6.45) is -6.56. The maximum absolute atomic E-state index is 13.9. The largest absolute Gasteiger partial charge is 0.490 e. The van der Waals surface area contributed by atoms with Gasteiger partial charge >= 0.3 is 29.2 Å². The highest BCUT2D eigenvalue weighted by Gasteiger charge is 2.57. The van der Waals surface area contributed by atoms with Crippen LogP contribution in [0, 0.1) is 17.1 Å². The number of hydrogen-bond acceptors (Lipinski definition) is 11. The molecular formula is C11H13Cl2FN3O13P3. The second-order valence-corrected chi connectivity index (χ2v) is 11.0. The number of alkyl halides is 1. The van der Waals surface area contributed by atoms with Crippen LogP contribution in [0.15, 0.2) is 11.0 Å². The summed E-state index contributed by atoms with van der Waals surface area (Å²) in [5.41, 5.74) is 3.85. The van der Waals surface area contributed by atoms with Crippen LogP contribution < -0.4 is 11.4 Å². The molecule has 1 fully saturated rings. The molecule has 0 aromatic carbocycles. The molecule has 2 heterocycles. The van der Waals surface area contributed by atoms with Gasteiger partial charge in [0.05, 0.1) is 15.5 Å². The molecule has 0 radical (unpaired) electrons. The van der Waals surface area contributed by atoms with Crippen LogP contribution in [0.4, 0.5) is 10.2 Å². The number of aliphatic hydroxyl groups is 1. The number of phosphoric acid groups is 3. The number of hydrogen-bond donors (Lipinski definition) is 6. The Morgan fingerprint density at radius 2 is 1.94 bits per heavy atom. The van der Waals surface area contributed by atoms with E-state index in [1.807, 2.05) is 5.92 Å². The zero-order valence-electron chi connectivity index (χ0n) is 17.3. The topological polar surface area (TPSA) is 250 Å². The zero-order valence-corrected chi connectivity index (χ0v) is 19.5. The third-order valence-electron chi connectivity index (χ3n) is 3.48. The number of nitrogens with two attached hydrogens (primary N) is 1. The summed E-state index contributed by atoms with van der Waals surface area (Å²) in [4.78, 5) is 48.6. The van der Waals surface area contributed by atoms with E-state index in [0.29, 0.717) is 10.8 Å². The zero-order chi connectivity index (χ0) is 27.2. The number of halogens is 3. The van der Waals surface area contributed by atoms with E-state index in [2.05, 4.69) is 18.1 Å². The molecule has 1 saturated heterocycles. The maximum atomic E-state index is 13.9. The lowest BCUT2D eigenvalue weighted by atomic mass is 9.99. The van der Waals surface area contributed by atoms with Crippen LogP contribution in [0.2, 0.25) is 0 Å². The molecule has 22 heteroatoms. The number of anilines is 1. The lowest BCUT2D eigenvalue weighted by Gasteiger charge is -2.25. The van der Waals surface area contributed by atoms with Gasteiger partial charge in [-0.25, -0.2) is 22.9 Å². The number of phosphoric ester groups is 1. The molecule has 16 nitrogen and oxygen atoms in total. The average molecular weight is 580 g/mol. The molecule has 0 spiro atoms. The fourth-order valence-electron chi connectivity index (χ4n) is 2.29. The second kappa shape index (κ2) is 9.98. The Hall–Kier alpha value is -0.920. The van der Waals surface area contributed by atoms with Crippen molar-refractivity contribution >= 4 is 52.5 Å². The monoisotopic (exact) mass is 579 g/mol. The Balaban J connectivity index is 2.44. The molecule has 1 aromatic heterocycles. The van der Waals surface area contributed by atoms with Gasteiger partial charge in [-0.3, -0.25) is 9.09 Å². The van der Waals surface area contributed by atoms with Crippen LogP contribution in [0.3, 0.4) is 0 Å². The van der Waals surface area contributed by atoms with Gasteiger partial charge in [0.25, 0.3) is 0 Å². The van der Waals surface area contributed by atoms with Gasteiger partial charge in [-0.1, -0.05) is 17.5 Å². The van der Waals surface area contributed by atoms with Crippen LogP contribution in [-0.4, -0.2) is 57.9 Å². The van der Waals surface area contributed by atoms with E-state index in [1.165, 1.54) is 0 Å². The Kier molecular flexibility index (Phi) is 7.62. The van der Waals surface area contributed by atoms with Gasteiger partial charge in [-0.05, 0) is 11.6 Å². The third kappa shape index (κ3) is 7.04. The molecule has 0 bridgehead atoms. The predicted octanol–water partition coefficient (Wildman–Crippen LogP) is -0.257. The molecule has 7 N–H and O–H groups in total. The molecule has 2 rings (SSSR count). The molecule has 1 aromatic rings. The molecule has 1 aliphatic rings. The van der Waals surface area contributed by atoms with Gasteiger partial charge in [-0.15, -0.1) is 0 Å². The van der Waals surface area contributed by atoms with E-state index < -0.39 is 70.7 Å². The SMILES string of the molecule is [2H]C([2H])(OP(=O)(O)OP(=O)(O)OP(=O)(O)O)[C@H]1O[C@@H](n2cc(F)c(N)nc2=O)C(Cl)(C#CCl)[C@H]1O. The van der Waals surface area contributed by atoms with Crippen molar-refractivity contribution in [3.8, 4) is 11.3 Å². The first kappa shape index (κ1) is 25.2. The van der Waals surface area contributed by atoms with Gasteiger partial charge < -0.3 is 35.2 Å². The first-order valence-corrected chi connectivity index (χ1v) is 13.0. The van der Waals surface area contributed by atoms with Crippen molar-refractivity contribution in [1.29, 1.82) is 0 Å². The molecule has 0 amide bonds. The summed E-state index contributed by atoms with van der Waals surface area (Å²) < 4.78 is 80.1. The fourth-order valence-corrected chi connectivity index (χ4v) is 5.69. The normalized spacial score (nSPS) is 30.4. The summed E-state index contributed by atoms with van der Waals surface area (Å²) in [7, 11) is -17.9. The van der Waals surface area contributed by atoms with Crippen molar-refractivity contribution in [3.63, 3.8) is 0 Å². The van der Waals surface area contributed by atoms with Crippen molar-refractivity contribution in [2.45, 2.75) is 23.3 Å². The number of ether oxygens (including phenoxy) is 1. The molecule has 3 unspecified atom stereocenters. The summed E-state index contributed by atoms with van der Waals surface area (Å²) in [6, 6.07) is 0. The van der Waals surface area contributed by atoms with Crippen LogP contribution in [0.5, 0.6) is 0 Å². The van der Waals surface area contributed by atoms with E-state index >= 15 is 0 Å².